The molecule has 2 aromatic rings. The number of benzene rings is 2. The SMILES string of the molecule is CC(=O)Nc1cccc(OCCCNC(=O)c2ccc(Cl)cc2)c1. The van der Waals surface area contributed by atoms with Crippen molar-refractivity contribution in [1.82, 2.24) is 5.32 Å². The van der Waals surface area contributed by atoms with Gasteiger partial charge in [-0.15, -0.1) is 0 Å². The molecule has 0 aliphatic rings. The molecule has 0 heterocycles. The Morgan fingerprint density at radius 1 is 1.12 bits per heavy atom. The van der Waals surface area contributed by atoms with Crippen LogP contribution in [0.3, 0.4) is 0 Å². The highest BCUT2D eigenvalue weighted by molar-refractivity contribution is 6.30. The maximum absolute atomic E-state index is 11.9. The molecule has 2 rings (SSSR count). The minimum absolute atomic E-state index is 0.128. The van der Waals surface area contributed by atoms with Crippen molar-refractivity contribution in [2.24, 2.45) is 0 Å². The summed E-state index contributed by atoms with van der Waals surface area (Å²) in [7, 11) is 0. The Balaban J connectivity index is 1.70. The smallest absolute Gasteiger partial charge is 0.251 e. The van der Waals surface area contributed by atoms with Gasteiger partial charge in [-0.2, -0.15) is 0 Å². The number of halogens is 1. The maximum Gasteiger partial charge on any atom is 0.251 e. The Bertz CT molecular complexity index is 702. The summed E-state index contributed by atoms with van der Waals surface area (Å²) >= 11 is 5.79. The van der Waals surface area contributed by atoms with Crippen LogP contribution >= 0.6 is 11.6 Å². The van der Waals surface area contributed by atoms with Crippen molar-refractivity contribution in [3.8, 4) is 5.75 Å². The second-order valence-corrected chi connectivity index (χ2v) is 5.61. The zero-order valence-corrected chi connectivity index (χ0v) is 14.1. The summed E-state index contributed by atoms with van der Waals surface area (Å²) < 4.78 is 5.61. The summed E-state index contributed by atoms with van der Waals surface area (Å²) in [6.45, 7) is 2.42. The first-order valence-electron chi connectivity index (χ1n) is 7.59. The summed E-state index contributed by atoms with van der Waals surface area (Å²) in [6.07, 6.45) is 0.670. The fourth-order valence-corrected chi connectivity index (χ4v) is 2.16. The van der Waals surface area contributed by atoms with E-state index in [2.05, 4.69) is 10.6 Å². The van der Waals surface area contributed by atoms with Crippen molar-refractivity contribution in [1.29, 1.82) is 0 Å². The molecule has 0 unspecified atom stereocenters. The molecule has 0 aromatic heterocycles. The van der Waals surface area contributed by atoms with Crippen molar-refractivity contribution in [2.45, 2.75) is 13.3 Å². The number of carbonyl (C=O) groups excluding carboxylic acids is 2. The van der Waals surface area contributed by atoms with Crippen molar-refractivity contribution < 1.29 is 14.3 Å². The van der Waals surface area contributed by atoms with Crippen molar-refractivity contribution in [2.75, 3.05) is 18.5 Å². The molecule has 0 radical (unpaired) electrons. The molecular formula is C18H19ClN2O3. The quantitative estimate of drug-likeness (QED) is 0.754. The van der Waals surface area contributed by atoms with Crippen LogP contribution in [0.2, 0.25) is 5.02 Å². The van der Waals surface area contributed by atoms with E-state index in [0.717, 1.165) is 0 Å². The highest BCUT2D eigenvalue weighted by Gasteiger charge is 2.04. The van der Waals surface area contributed by atoms with E-state index >= 15 is 0 Å². The summed E-state index contributed by atoms with van der Waals surface area (Å²) in [5.41, 5.74) is 1.26. The van der Waals surface area contributed by atoms with E-state index in [1.165, 1.54) is 6.92 Å². The third-order valence-electron chi connectivity index (χ3n) is 3.14. The first-order chi connectivity index (χ1) is 11.5. The molecule has 0 aliphatic carbocycles. The van der Waals surface area contributed by atoms with Crippen LogP contribution in [-0.2, 0) is 4.79 Å². The van der Waals surface area contributed by atoms with E-state index in [4.69, 9.17) is 16.3 Å². The first kappa shape index (κ1) is 17.8. The number of nitrogens with one attached hydrogen (secondary N) is 2. The third-order valence-corrected chi connectivity index (χ3v) is 3.39. The second kappa shape index (κ2) is 8.93. The van der Waals surface area contributed by atoms with Crippen LogP contribution in [0.4, 0.5) is 5.69 Å². The predicted octanol–water partition coefficient (Wildman–Crippen LogP) is 3.50. The average molecular weight is 347 g/mol. The van der Waals surface area contributed by atoms with Gasteiger partial charge in [0.2, 0.25) is 5.91 Å². The van der Waals surface area contributed by atoms with E-state index in [1.54, 1.807) is 36.4 Å². The van der Waals surface area contributed by atoms with E-state index in [0.29, 0.717) is 41.6 Å². The number of amides is 2. The molecule has 2 aromatic carbocycles. The average Bonchev–Trinajstić information content (AvgIpc) is 2.55. The molecule has 0 saturated carbocycles. The zero-order valence-electron chi connectivity index (χ0n) is 13.3. The van der Waals surface area contributed by atoms with Gasteiger partial charge in [0.15, 0.2) is 0 Å². The maximum atomic E-state index is 11.9. The van der Waals surface area contributed by atoms with Crippen LogP contribution in [0.1, 0.15) is 23.7 Å². The van der Waals surface area contributed by atoms with Crippen LogP contribution < -0.4 is 15.4 Å². The van der Waals surface area contributed by atoms with Crippen molar-refractivity contribution in [3.63, 3.8) is 0 Å². The van der Waals surface area contributed by atoms with Gasteiger partial charge in [-0.1, -0.05) is 17.7 Å². The van der Waals surface area contributed by atoms with Crippen LogP contribution in [0, 0.1) is 0 Å². The van der Waals surface area contributed by atoms with Crippen molar-refractivity contribution >= 4 is 29.1 Å². The normalized spacial score (nSPS) is 10.1. The summed E-state index contributed by atoms with van der Waals surface area (Å²) in [5.74, 6) is 0.404. The number of hydrogen-bond donors (Lipinski definition) is 2. The Labute approximate surface area is 146 Å². The molecule has 126 valence electrons. The van der Waals surface area contributed by atoms with Gasteiger partial charge in [0, 0.05) is 35.8 Å². The Hall–Kier alpha value is -2.53. The highest BCUT2D eigenvalue weighted by Crippen LogP contribution is 2.17. The first-order valence-corrected chi connectivity index (χ1v) is 7.96. The van der Waals surface area contributed by atoms with Crippen LogP contribution in [-0.4, -0.2) is 25.0 Å². The number of hydrogen-bond acceptors (Lipinski definition) is 3. The van der Waals surface area contributed by atoms with E-state index < -0.39 is 0 Å². The van der Waals surface area contributed by atoms with Gasteiger partial charge in [-0.25, -0.2) is 0 Å². The lowest BCUT2D eigenvalue weighted by Crippen LogP contribution is -2.25. The third kappa shape index (κ3) is 5.93. The molecule has 24 heavy (non-hydrogen) atoms. The molecule has 6 heteroatoms. The van der Waals surface area contributed by atoms with Gasteiger partial charge in [-0.05, 0) is 42.8 Å². The molecule has 0 saturated heterocycles. The lowest BCUT2D eigenvalue weighted by molar-refractivity contribution is -0.114. The van der Waals surface area contributed by atoms with Crippen LogP contribution in [0.15, 0.2) is 48.5 Å². The largest absolute Gasteiger partial charge is 0.493 e. The molecule has 0 bridgehead atoms. The molecule has 5 nitrogen and oxygen atoms in total. The Kier molecular flexibility index (Phi) is 6.63. The minimum Gasteiger partial charge on any atom is -0.493 e. The van der Waals surface area contributed by atoms with Gasteiger partial charge in [-0.3, -0.25) is 9.59 Å². The number of anilines is 1. The topological polar surface area (TPSA) is 67.4 Å². The molecule has 0 atom stereocenters. The van der Waals surface area contributed by atoms with E-state index in [9.17, 15) is 9.59 Å². The van der Waals surface area contributed by atoms with Gasteiger partial charge in [0.25, 0.3) is 5.91 Å². The van der Waals surface area contributed by atoms with Crippen molar-refractivity contribution in [3.05, 3.63) is 59.1 Å². The number of rotatable bonds is 7. The standard InChI is InChI=1S/C18H19ClN2O3/c1-13(22)21-16-4-2-5-17(12-16)24-11-3-10-20-18(23)14-6-8-15(19)9-7-14/h2,4-9,12H,3,10-11H2,1H3,(H,20,23)(H,21,22). The van der Waals surface area contributed by atoms with Gasteiger partial charge in [0.05, 0.1) is 6.61 Å². The number of ether oxygens (including phenoxy) is 1. The molecular weight excluding hydrogens is 328 g/mol. The fourth-order valence-electron chi connectivity index (χ4n) is 2.03. The van der Waals surface area contributed by atoms with Gasteiger partial charge < -0.3 is 15.4 Å². The van der Waals surface area contributed by atoms with E-state index in [-0.39, 0.29) is 11.8 Å². The Morgan fingerprint density at radius 3 is 2.58 bits per heavy atom. The lowest BCUT2D eigenvalue weighted by Gasteiger charge is -2.09. The molecule has 2 amide bonds. The molecule has 0 fully saturated rings. The van der Waals surface area contributed by atoms with Crippen LogP contribution in [0.5, 0.6) is 5.75 Å². The summed E-state index contributed by atoms with van der Waals surface area (Å²) in [6, 6.07) is 13.9. The molecule has 0 aliphatic heterocycles. The predicted molar refractivity (Wildman–Crippen MR) is 94.6 cm³/mol. The Morgan fingerprint density at radius 2 is 1.88 bits per heavy atom. The second-order valence-electron chi connectivity index (χ2n) is 5.17. The van der Waals surface area contributed by atoms with Gasteiger partial charge in [0.1, 0.15) is 5.75 Å². The van der Waals surface area contributed by atoms with Crippen LogP contribution in [0.25, 0.3) is 0 Å². The lowest BCUT2D eigenvalue weighted by atomic mass is 10.2. The fraction of sp³-hybridized carbons (Fsp3) is 0.222. The summed E-state index contributed by atoms with van der Waals surface area (Å²) in [4.78, 5) is 22.9. The molecule has 0 spiro atoms. The van der Waals surface area contributed by atoms with E-state index in [1.807, 2.05) is 12.1 Å². The minimum atomic E-state index is -0.140. The van der Waals surface area contributed by atoms with Gasteiger partial charge >= 0.3 is 0 Å². The monoisotopic (exact) mass is 346 g/mol. The highest BCUT2D eigenvalue weighted by atomic mass is 35.5. The zero-order chi connectivity index (χ0) is 17.4. The molecule has 2 N–H and O–H groups in total. The summed E-state index contributed by atoms with van der Waals surface area (Å²) in [5, 5.41) is 6.12. The number of carbonyl (C=O) groups is 2.